The Morgan fingerprint density at radius 1 is 1.11 bits per heavy atom. The van der Waals surface area contributed by atoms with Gasteiger partial charge in [-0.25, -0.2) is 9.97 Å². The molecule has 0 aliphatic rings. The van der Waals surface area contributed by atoms with E-state index in [-0.39, 0.29) is 53.0 Å². The highest BCUT2D eigenvalue weighted by molar-refractivity contribution is 5.84. The number of rotatable bonds is 6. The highest BCUT2D eigenvalue weighted by Gasteiger charge is 2.38. The van der Waals surface area contributed by atoms with Crippen molar-refractivity contribution in [2.24, 2.45) is 0 Å². The molecular weight excluding hydrogens is 491 g/mol. The van der Waals surface area contributed by atoms with Crippen molar-refractivity contribution in [1.82, 2.24) is 24.9 Å². The zero-order valence-corrected chi connectivity index (χ0v) is 19.6. The molecule has 0 aliphatic carbocycles. The molecule has 0 radical (unpaired) electrons. The molecule has 0 saturated carbocycles. The smallest absolute Gasteiger partial charge is 0.433 e. The Morgan fingerprint density at radius 2 is 1.86 bits per heavy atom. The number of hydrogen-bond acceptors (Lipinski definition) is 6. The molecule has 37 heavy (non-hydrogen) atoms. The number of carbonyl (C=O) groups excluding carboxylic acids is 1. The van der Waals surface area contributed by atoms with E-state index < -0.39 is 17.4 Å². The minimum atomic E-state index is -4.76. The van der Waals surface area contributed by atoms with E-state index in [1.165, 1.54) is 26.0 Å². The predicted octanol–water partition coefficient (Wildman–Crippen LogP) is 4.34. The highest BCUT2D eigenvalue weighted by atomic mass is 19.4. The van der Waals surface area contributed by atoms with Crippen LogP contribution in [0.1, 0.15) is 18.3 Å². The Kier molecular flexibility index (Phi) is 5.94. The van der Waals surface area contributed by atoms with Crippen molar-refractivity contribution in [3.8, 4) is 28.3 Å². The first-order chi connectivity index (χ1) is 17.6. The summed E-state index contributed by atoms with van der Waals surface area (Å²) in [5.41, 5.74) is -1.34. The van der Waals surface area contributed by atoms with Crippen LogP contribution in [0, 0.1) is 6.92 Å². The van der Waals surface area contributed by atoms with Crippen LogP contribution in [-0.4, -0.2) is 38.6 Å². The fraction of sp³-hybridized carbons (Fsp3) is 0.200. The second kappa shape index (κ2) is 9.12. The van der Waals surface area contributed by atoms with Crippen LogP contribution in [-0.2, 0) is 11.0 Å². The molecule has 9 nitrogen and oxygen atoms in total. The molecule has 0 fully saturated rings. The van der Waals surface area contributed by atoms with Gasteiger partial charge in [0.15, 0.2) is 16.7 Å². The van der Waals surface area contributed by atoms with Crippen LogP contribution in [0.4, 0.5) is 13.2 Å². The summed E-state index contributed by atoms with van der Waals surface area (Å²) in [4.78, 5) is 33.3. The Hall–Kier alpha value is -4.61. The minimum absolute atomic E-state index is 0.0903. The number of para-hydroxylation sites is 1. The molecule has 1 amide bonds. The first kappa shape index (κ1) is 24.1. The maximum Gasteiger partial charge on any atom is 0.433 e. The molecule has 2 N–H and O–H groups in total. The lowest BCUT2D eigenvalue weighted by molar-refractivity contribution is -0.140. The van der Waals surface area contributed by atoms with Gasteiger partial charge in [0.05, 0.1) is 17.8 Å². The molecule has 0 unspecified atom stereocenters. The maximum atomic E-state index is 13.9. The summed E-state index contributed by atoms with van der Waals surface area (Å²) >= 11 is 0. The second-order valence-electron chi connectivity index (χ2n) is 8.22. The Balaban J connectivity index is 1.64. The SMILES string of the molecule is CC(=O)NCCOc1cccc2oc(-c3c(C)nc4c(-c5ccccc5)c(C(F)(F)F)[nH]n4c3=O)nc12. The molecule has 0 bridgehead atoms. The molecule has 0 atom stereocenters. The number of nitrogens with one attached hydrogen (secondary N) is 2. The monoisotopic (exact) mass is 511 g/mol. The van der Waals surface area contributed by atoms with Gasteiger partial charge in [0.2, 0.25) is 11.8 Å². The number of ether oxygens (including phenoxy) is 1. The van der Waals surface area contributed by atoms with E-state index >= 15 is 0 Å². The standard InChI is InChI=1S/C25H20F3N5O4/c1-13-18(23-31-20-16(9-6-10-17(20)37-23)36-12-11-29-14(2)34)24(35)33-22(30-13)19(15-7-4-3-5-8-15)21(32-33)25(26,27)28/h3-10,32H,11-12H2,1-2H3,(H,29,34). The molecule has 190 valence electrons. The molecule has 3 aromatic heterocycles. The number of H-pyrrole nitrogens is 1. The Labute approximate surface area is 206 Å². The lowest BCUT2D eigenvalue weighted by Gasteiger charge is -2.07. The molecule has 0 spiro atoms. The molecular formula is C25H20F3N5O4. The van der Waals surface area contributed by atoms with Crippen LogP contribution in [0.3, 0.4) is 0 Å². The van der Waals surface area contributed by atoms with Crippen LogP contribution < -0.4 is 15.6 Å². The largest absolute Gasteiger partial charge is 0.489 e. The number of halogens is 3. The van der Waals surface area contributed by atoms with Crippen molar-refractivity contribution in [2.45, 2.75) is 20.0 Å². The van der Waals surface area contributed by atoms with E-state index in [0.717, 1.165) is 4.52 Å². The molecule has 0 aliphatic heterocycles. The van der Waals surface area contributed by atoms with Crippen LogP contribution in [0.2, 0.25) is 0 Å². The number of benzene rings is 2. The van der Waals surface area contributed by atoms with Gasteiger partial charge in [0.1, 0.15) is 23.6 Å². The van der Waals surface area contributed by atoms with E-state index in [2.05, 4.69) is 20.4 Å². The van der Waals surface area contributed by atoms with Gasteiger partial charge in [-0.3, -0.25) is 14.7 Å². The van der Waals surface area contributed by atoms with Gasteiger partial charge in [-0.05, 0) is 24.6 Å². The molecule has 5 rings (SSSR count). The zero-order chi connectivity index (χ0) is 26.3. The van der Waals surface area contributed by atoms with Crippen molar-refractivity contribution >= 4 is 22.7 Å². The van der Waals surface area contributed by atoms with Gasteiger partial charge in [0.25, 0.3) is 5.56 Å². The number of aryl methyl sites for hydroxylation is 1. The minimum Gasteiger partial charge on any atom is -0.489 e. The molecule has 3 heterocycles. The summed E-state index contributed by atoms with van der Waals surface area (Å²) in [7, 11) is 0. The van der Waals surface area contributed by atoms with Crippen molar-refractivity contribution < 1.29 is 27.1 Å². The van der Waals surface area contributed by atoms with Gasteiger partial charge in [0, 0.05) is 6.92 Å². The Bertz CT molecular complexity index is 1690. The number of oxazole rings is 1. The average molecular weight is 511 g/mol. The van der Waals surface area contributed by atoms with E-state index in [1.54, 1.807) is 36.4 Å². The van der Waals surface area contributed by atoms with E-state index in [9.17, 15) is 22.8 Å². The summed E-state index contributed by atoms with van der Waals surface area (Å²) in [6.45, 7) is 3.34. The lowest BCUT2D eigenvalue weighted by Crippen LogP contribution is -2.25. The zero-order valence-electron chi connectivity index (χ0n) is 19.6. The molecule has 0 saturated heterocycles. The van der Waals surface area contributed by atoms with Crippen LogP contribution in [0.25, 0.3) is 39.3 Å². The first-order valence-corrected chi connectivity index (χ1v) is 11.2. The third-order valence-electron chi connectivity index (χ3n) is 5.64. The van der Waals surface area contributed by atoms with Gasteiger partial charge < -0.3 is 14.5 Å². The molecule has 12 heteroatoms. The van der Waals surface area contributed by atoms with Crippen molar-refractivity contribution in [1.29, 1.82) is 0 Å². The van der Waals surface area contributed by atoms with Gasteiger partial charge >= 0.3 is 6.18 Å². The number of aromatic nitrogens is 4. The van der Waals surface area contributed by atoms with E-state index in [1.807, 2.05) is 0 Å². The fourth-order valence-electron chi connectivity index (χ4n) is 4.04. The van der Waals surface area contributed by atoms with Crippen molar-refractivity contribution in [3.05, 3.63) is 70.3 Å². The molecule has 2 aromatic carbocycles. The van der Waals surface area contributed by atoms with Gasteiger partial charge in [-0.15, -0.1) is 0 Å². The number of amides is 1. The van der Waals surface area contributed by atoms with Crippen LogP contribution in [0.5, 0.6) is 5.75 Å². The summed E-state index contributed by atoms with van der Waals surface area (Å²) in [5.74, 6) is 0.0507. The average Bonchev–Trinajstić information content (AvgIpc) is 3.44. The molecule has 5 aromatic rings. The van der Waals surface area contributed by atoms with E-state index in [0.29, 0.717) is 16.8 Å². The normalized spacial score (nSPS) is 11.8. The number of nitrogens with zero attached hydrogens (tertiary/aromatic N) is 3. The quantitative estimate of drug-likeness (QED) is 0.328. The number of hydrogen-bond donors (Lipinski definition) is 2. The fourth-order valence-corrected chi connectivity index (χ4v) is 4.04. The number of alkyl halides is 3. The summed E-state index contributed by atoms with van der Waals surface area (Å²) in [6.07, 6.45) is -4.76. The summed E-state index contributed by atoms with van der Waals surface area (Å²) in [5, 5.41) is 4.80. The van der Waals surface area contributed by atoms with Crippen molar-refractivity contribution in [3.63, 3.8) is 0 Å². The highest BCUT2D eigenvalue weighted by Crippen LogP contribution is 2.38. The number of carbonyl (C=O) groups is 1. The third-order valence-corrected chi connectivity index (χ3v) is 5.64. The first-order valence-electron chi connectivity index (χ1n) is 11.2. The lowest BCUT2D eigenvalue weighted by atomic mass is 10.1. The number of fused-ring (bicyclic) bond motifs is 2. The van der Waals surface area contributed by atoms with Gasteiger partial charge in [-0.1, -0.05) is 36.4 Å². The summed E-state index contributed by atoms with van der Waals surface area (Å²) in [6, 6.07) is 12.9. The Morgan fingerprint density at radius 3 is 2.57 bits per heavy atom. The second-order valence-corrected chi connectivity index (χ2v) is 8.22. The van der Waals surface area contributed by atoms with Gasteiger partial charge in [-0.2, -0.15) is 17.7 Å². The topological polar surface area (TPSA) is 115 Å². The maximum absolute atomic E-state index is 13.9. The third kappa shape index (κ3) is 4.41. The van der Waals surface area contributed by atoms with Crippen molar-refractivity contribution in [2.75, 3.05) is 13.2 Å². The van der Waals surface area contributed by atoms with Crippen LogP contribution in [0.15, 0.2) is 57.7 Å². The number of aromatic amines is 1. The summed E-state index contributed by atoms with van der Waals surface area (Å²) < 4.78 is 54.1. The van der Waals surface area contributed by atoms with Crippen LogP contribution >= 0.6 is 0 Å². The van der Waals surface area contributed by atoms with E-state index in [4.69, 9.17) is 9.15 Å². The predicted molar refractivity (Wildman–Crippen MR) is 128 cm³/mol.